The van der Waals surface area contributed by atoms with Crippen LogP contribution in [0.25, 0.3) is 0 Å². The maximum Gasteiger partial charge on any atom is 0.336 e. The van der Waals surface area contributed by atoms with Gasteiger partial charge >= 0.3 is 5.97 Å². The molecule has 2 N–H and O–H groups in total. The van der Waals surface area contributed by atoms with E-state index in [0.29, 0.717) is 18.5 Å². The van der Waals surface area contributed by atoms with Crippen LogP contribution in [0.1, 0.15) is 22.3 Å². The standard InChI is InChI=1S/C14H15N3O3/c15-6-7-16-13(18)9-17-8-2-4-10-11(14(19)20)3-1-5-12(10)17/h1,3,5H,2,4,7-9H2,(H,16,18)(H,19,20). The lowest BCUT2D eigenvalue weighted by Crippen LogP contribution is -2.40. The summed E-state index contributed by atoms with van der Waals surface area (Å²) in [6.45, 7) is 0.822. The number of amides is 1. The van der Waals surface area contributed by atoms with Crippen LogP contribution in [-0.4, -0.2) is 36.6 Å². The van der Waals surface area contributed by atoms with Gasteiger partial charge in [0, 0.05) is 12.2 Å². The Hall–Kier alpha value is -2.55. The van der Waals surface area contributed by atoms with Crippen molar-refractivity contribution in [3.05, 3.63) is 29.3 Å². The lowest BCUT2D eigenvalue weighted by Gasteiger charge is -2.31. The Kier molecular flexibility index (Phi) is 4.20. The number of carboxylic acid groups (broad SMARTS) is 1. The van der Waals surface area contributed by atoms with Crippen LogP contribution in [0.15, 0.2) is 18.2 Å². The van der Waals surface area contributed by atoms with Crippen molar-refractivity contribution < 1.29 is 14.7 Å². The van der Waals surface area contributed by atoms with Crippen molar-refractivity contribution in [3.63, 3.8) is 0 Å². The average Bonchev–Trinajstić information content (AvgIpc) is 2.44. The third-order valence-corrected chi connectivity index (χ3v) is 3.28. The van der Waals surface area contributed by atoms with E-state index in [9.17, 15) is 14.7 Å². The van der Waals surface area contributed by atoms with Crippen molar-refractivity contribution in [2.75, 3.05) is 24.5 Å². The van der Waals surface area contributed by atoms with E-state index >= 15 is 0 Å². The molecule has 1 aromatic carbocycles. The van der Waals surface area contributed by atoms with Gasteiger partial charge in [0.15, 0.2) is 0 Å². The molecule has 0 unspecified atom stereocenters. The van der Waals surface area contributed by atoms with Crippen molar-refractivity contribution in [3.8, 4) is 6.07 Å². The fraction of sp³-hybridized carbons (Fsp3) is 0.357. The predicted octanol–water partition coefficient (Wildman–Crippen LogP) is 0.777. The summed E-state index contributed by atoms with van der Waals surface area (Å²) in [5.41, 5.74) is 1.87. The summed E-state index contributed by atoms with van der Waals surface area (Å²) in [7, 11) is 0. The Morgan fingerprint density at radius 2 is 2.25 bits per heavy atom. The zero-order valence-electron chi connectivity index (χ0n) is 10.9. The first-order valence-electron chi connectivity index (χ1n) is 6.37. The number of anilines is 1. The maximum atomic E-state index is 11.7. The lowest BCUT2D eigenvalue weighted by atomic mass is 9.96. The van der Waals surface area contributed by atoms with Crippen LogP contribution in [0.2, 0.25) is 0 Å². The monoisotopic (exact) mass is 273 g/mol. The highest BCUT2D eigenvalue weighted by atomic mass is 16.4. The van der Waals surface area contributed by atoms with Gasteiger partial charge in [-0.15, -0.1) is 0 Å². The summed E-state index contributed by atoms with van der Waals surface area (Å²) in [6.07, 6.45) is 1.51. The smallest absolute Gasteiger partial charge is 0.336 e. The van der Waals surface area contributed by atoms with Crippen LogP contribution in [0, 0.1) is 11.3 Å². The number of benzene rings is 1. The molecule has 1 aromatic rings. The van der Waals surface area contributed by atoms with Gasteiger partial charge in [0.1, 0.15) is 6.54 Å². The molecule has 0 aromatic heterocycles. The number of carboxylic acids is 1. The topological polar surface area (TPSA) is 93.4 Å². The molecule has 0 radical (unpaired) electrons. The number of nitrogens with zero attached hydrogens (tertiary/aromatic N) is 2. The molecule has 0 aliphatic carbocycles. The second kappa shape index (κ2) is 6.06. The highest BCUT2D eigenvalue weighted by Crippen LogP contribution is 2.29. The molecule has 6 nitrogen and oxygen atoms in total. The van der Waals surface area contributed by atoms with E-state index < -0.39 is 5.97 Å². The van der Waals surface area contributed by atoms with Gasteiger partial charge in [0.2, 0.25) is 5.91 Å². The Balaban J connectivity index is 2.21. The fourth-order valence-corrected chi connectivity index (χ4v) is 2.43. The van der Waals surface area contributed by atoms with Gasteiger partial charge in [-0.2, -0.15) is 5.26 Å². The molecule has 1 heterocycles. The van der Waals surface area contributed by atoms with Crippen LogP contribution in [0.5, 0.6) is 0 Å². The Bertz CT molecular complexity index is 578. The van der Waals surface area contributed by atoms with Crippen molar-refractivity contribution in [1.82, 2.24) is 5.32 Å². The van der Waals surface area contributed by atoms with Gasteiger partial charge in [0.25, 0.3) is 0 Å². The van der Waals surface area contributed by atoms with Crippen molar-refractivity contribution in [1.29, 1.82) is 5.26 Å². The third-order valence-electron chi connectivity index (χ3n) is 3.28. The number of nitriles is 1. The summed E-state index contributed by atoms with van der Waals surface area (Å²) in [5.74, 6) is -1.18. The zero-order valence-corrected chi connectivity index (χ0v) is 10.9. The molecule has 104 valence electrons. The predicted molar refractivity (Wildman–Crippen MR) is 72.6 cm³/mol. The molecule has 0 atom stereocenters. The Morgan fingerprint density at radius 3 is 2.95 bits per heavy atom. The number of hydrogen-bond acceptors (Lipinski definition) is 4. The van der Waals surface area contributed by atoms with Gasteiger partial charge in [-0.05, 0) is 30.5 Å². The fourth-order valence-electron chi connectivity index (χ4n) is 2.43. The molecular formula is C14H15N3O3. The SMILES string of the molecule is N#CCNC(=O)CN1CCCc2c(C(=O)O)cccc21. The molecule has 0 bridgehead atoms. The normalized spacial score (nSPS) is 13.2. The minimum absolute atomic E-state index is 0.0192. The van der Waals surface area contributed by atoms with Crippen molar-refractivity contribution in [2.24, 2.45) is 0 Å². The number of nitrogens with one attached hydrogen (secondary N) is 1. The quantitative estimate of drug-likeness (QED) is 0.791. The van der Waals surface area contributed by atoms with Crippen LogP contribution < -0.4 is 10.2 Å². The van der Waals surface area contributed by atoms with E-state index in [1.807, 2.05) is 17.0 Å². The number of rotatable bonds is 4. The first-order valence-corrected chi connectivity index (χ1v) is 6.37. The summed E-state index contributed by atoms with van der Waals surface area (Å²) in [6, 6.07) is 6.95. The van der Waals surface area contributed by atoms with E-state index in [-0.39, 0.29) is 19.0 Å². The maximum absolute atomic E-state index is 11.7. The number of hydrogen-bond donors (Lipinski definition) is 2. The summed E-state index contributed by atoms with van der Waals surface area (Å²) >= 11 is 0. The molecule has 20 heavy (non-hydrogen) atoms. The molecule has 2 rings (SSSR count). The van der Waals surface area contributed by atoms with Gasteiger partial charge in [-0.25, -0.2) is 4.79 Å². The van der Waals surface area contributed by atoms with Gasteiger partial charge in [0.05, 0.1) is 18.2 Å². The minimum Gasteiger partial charge on any atom is -0.478 e. The second-order valence-corrected chi connectivity index (χ2v) is 4.57. The zero-order chi connectivity index (χ0) is 14.5. The van der Waals surface area contributed by atoms with E-state index in [1.54, 1.807) is 12.1 Å². The largest absolute Gasteiger partial charge is 0.478 e. The Labute approximate surface area is 116 Å². The molecule has 0 saturated carbocycles. The third kappa shape index (κ3) is 2.88. The molecular weight excluding hydrogens is 258 g/mol. The number of aromatic carboxylic acids is 1. The lowest BCUT2D eigenvalue weighted by molar-refractivity contribution is -0.119. The first-order chi connectivity index (χ1) is 9.63. The summed E-state index contributed by atoms with van der Waals surface area (Å²) in [4.78, 5) is 24.7. The van der Waals surface area contributed by atoms with Crippen molar-refractivity contribution in [2.45, 2.75) is 12.8 Å². The molecule has 6 heteroatoms. The molecule has 0 saturated heterocycles. The van der Waals surface area contributed by atoms with Crippen LogP contribution in [0.4, 0.5) is 5.69 Å². The van der Waals surface area contributed by atoms with E-state index in [0.717, 1.165) is 17.7 Å². The number of carbonyl (C=O) groups excluding carboxylic acids is 1. The molecule has 1 aliphatic heterocycles. The van der Waals surface area contributed by atoms with E-state index in [2.05, 4.69) is 5.32 Å². The Morgan fingerprint density at radius 1 is 1.45 bits per heavy atom. The number of carbonyl (C=O) groups is 2. The van der Waals surface area contributed by atoms with E-state index in [4.69, 9.17) is 5.26 Å². The van der Waals surface area contributed by atoms with Gasteiger partial charge in [-0.1, -0.05) is 6.07 Å². The molecule has 1 aliphatic rings. The summed E-state index contributed by atoms with van der Waals surface area (Å²) < 4.78 is 0. The number of fused-ring (bicyclic) bond motifs is 1. The van der Waals surface area contributed by atoms with Crippen molar-refractivity contribution >= 4 is 17.6 Å². The highest BCUT2D eigenvalue weighted by Gasteiger charge is 2.23. The van der Waals surface area contributed by atoms with Gasteiger partial charge in [-0.3, -0.25) is 4.79 Å². The van der Waals surface area contributed by atoms with Crippen LogP contribution in [-0.2, 0) is 11.2 Å². The van der Waals surface area contributed by atoms with E-state index in [1.165, 1.54) is 0 Å². The highest BCUT2D eigenvalue weighted by molar-refractivity contribution is 5.92. The average molecular weight is 273 g/mol. The summed E-state index contributed by atoms with van der Waals surface area (Å²) in [5, 5.41) is 20.1. The molecule has 0 fully saturated rings. The van der Waals surface area contributed by atoms with Crippen LogP contribution in [0.3, 0.4) is 0 Å². The minimum atomic E-state index is -0.947. The molecule has 0 spiro atoms. The second-order valence-electron chi connectivity index (χ2n) is 4.57. The van der Waals surface area contributed by atoms with Gasteiger partial charge < -0.3 is 15.3 Å². The molecule has 1 amide bonds. The van der Waals surface area contributed by atoms with Crippen LogP contribution >= 0.6 is 0 Å². The first kappa shape index (κ1) is 13.9.